The van der Waals surface area contributed by atoms with E-state index < -0.39 is 24.1 Å². The summed E-state index contributed by atoms with van der Waals surface area (Å²) in [5, 5.41) is 21.7. The number of hydrogen-bond donors (Lipinski definition) is 5. The fourth-order valence-electron chi connectivity index (χ4n) is 2.92. The number of carbonyl (C=O) groups excluding carboxylic acids is 1. The highest BCUT2D eigenvalue weighted by atomic mass is 16.5. The third-order valence-corrected chi connectivity index (χ3v) is 4.35. The van der Waals surface area contributed by atoms with Crippen molar-refractivity contribution in [3.8, 4) is 0 Å². The molecule has 132 valence electrons. The molecule has 0 bridgehead atoms. The van der Waals surface area contributed by atoms with E-state index in [1.165, 1.54) is 4.90 Å². The first-order valence-corrected chi connectivity index (χ1v) is 8.22. The molecule has 7 N–H and O–H groups in total. The Morgan fingerprint density at radius 3 is 2.74 bits per heavy atom. The number of ether oxygens (including phenoxy) is 1. The Morgan fingerprint density at radius 2 is 2.13 bits per heavy atom. The zero-order valence-electron chi connectivity index (χ0n) is 13.4. The lowest BCUT2D eigenvalue weighted by Gasteiger charge is -2.37. The lowest BCUT2D eigenvalue weighted by molar-refractivity contribution is -0.0549. The van der Waals surface area contributed by atoms with E-state index in [9.17, 15) is 9.90 Å². The Kier molecular flexibility index (Phi) is 6.37. The number of nitrogens with zero attached hydrogens (tertiary/aromatic N) is 1. The van der Waals surface area contributed by atoms with Crippen molar-refractivity contribution in [2.45, 2.75) is 62.6 Å². The van der Waals surface area contributed by atoms with Crippen LogP contribution in [0.15, 0.2) is 12.3 Å². The smallest absolute Gasteiger partial charge is 0.325 e. The van der Waals surface area contributed by atoms with Crippen LogP contribution in [0.1, 0.15) is 38.5 Å². The molecule has 2 aliphatic heterocycles. The van der Waals surface area contributed by atoms with Crippen LogP contribution >= 0.6 is 0 Å². The zero-order chi connectivity index (χ0) is 16.9. The molecule has 4 atom stereocenters. The van der Waals surface area contributed by atoms with Gasteiger partial charge in [-0.15, -0.1) is 0 Å². The second-order valence-electron chi connectivity index (χ2n) is 6.26. The van der Waals surface area contributed by atoms with Gasteiger partial charge in [-0.3, -0.25) is 4.90 Å². The zero-order valence-corrected chi connectivity index (χ0v) is 13.4. The predicted octanol–water partition coefficient (Wildman–Crippen LogP) is -0.442. The monoisotopic (exact) mass is 328 g/mol. The van der Waals surface area contributed by atoms with Gasteiger partial charge in [0.05, 0.1) is 12.7 Å². The molecule has 1 unspecified atom stereocenters. The summed E-state index contributed by atoms with van der Waals surface area (Å²) in [6, 6.07) is -0.354. The fourth-order valence-corrected chi connectivity index (χ4v) is 2.92. The second-order valence-corrected chi connectivity index (χ2v) is 6.26. The maximum Gasteiger partial charge on any atom is 0.325 e. The Bertz CT molecular complexity index is 434. The minimum atomic E-state index is -0.857. The number of nitrogens with two attached hydrogens (primary N) is 2. The van der Waals surface area contributed by atoms with Crippen molar-refractivity contribution < 1.29 is 19.7 Å². The fraction of sp³-hybridized carbons (Fsp3) is 0.800. The summed E-state index contributed by atoms with van der Waals surface area (Å²) in [4.78, 5) is 13.7. The number of carbonyl (C=O) groups is 1. The van der Waals surface area contributed by atoms with Gasteiger partial charge in [0.15, 0.2) is 0 Å². The number of unbranched alkanes of at least 4 members (excludes halogenated alkanes) is 3. The van der Waals surface area contributed by atoms with Crippen LogP contribution in [0.25, 0.3) is 0 Å². The number of aliphatic hydroxyl groups excluding tert-OH is 2. The van der Waals surface area contributed by atoms with Gasteiger partial charge < -0.3 is 31.7 Å². The van der Waals surface area contributed by atoms with Crippen molar-refractivity contribution >= 4 is 6.03 Å². The second kappa shape index (κ2) is 8.07. The molecule has 0 radical (unpaired) electrons. The molecule has 0 saturated carbocycles. The maximum atomic E-state index is 12.3. The van der Waals surface area contributed by atoms with E-state index in [4.69, 9.17) is 21.3 Å². The van der Waals surface area contributed by atoms with Gasteiger partial charge in [-0.25, -0.2) is 4.79 Å². The molecule has 8 nitrogen and oxygen atoms in total. The van der Waals surface area contributed by atoms with E-state index in [0.29, 0.717) is 13.0 Å². The summed E-state index contributed by atoms with van der Waals surface area (Å²) >= 11 is 0. The van der Waals surface area contributed by atoms with E-state index in [-0.39, 0.29) is 19.1 Å². The van der Waals surface area contributed by atoms with Gasteiger partial charge >= 0.3 is 6.03 Å². The van der Waals surface area contributed by atoms with Crippen molar-refractivity contribution in [2.24, 2.45) is 11.5 Å². The van der Waals surface area contributed by atoms with E-state index in [2.05, 4.69) is 5.32 Å². The number of hydrogen-bond acceptors (Lipinski definition) is 6. The molecule has 2 rings (SSSR count). The third-order valence-electron chi connectivity index (χ3n) is 4.35. The first-order chi connectivity index (χ1) is 11.0. The molecule has 0 aliphatic carbocycles. The summed E-state index contributed by atoms with van der Waals surface area (Å²) in [7, 11) is 0. The molecular formula is C15H28N4O4. The quantitative estimate of drug-likeness (QED) is 0.383. The number of rotatable bonds is 8. The van der Waals surface area contributed by atoms with Gasteiger partial charge in [-0.05, 0) is 31.9 Å². The number of nitrogens with one attached hydrogen (secondary N) is 1. The Hall–Kier alpha value is -1.19. The molecule has 2 aliphatic rings. The molecule has 0 aromatic heterocycles. The van der Waals surface area contributed by atoms with Crippen LogP contribution in [0.5, 0.6) is 0 Å². The Morgan fingerprint density at radius 1 is 1.39 bits per heavy atom. The standard InChI is InChI=1S/C15H28N4O4/c16-7-4-2-1-3-5-15(17)6-8-19(14(22)18-15)13-9-11(21)12(10-20)23-13/h6,8,11-13,20-21H,1-5,7,9-10,16-17H2,(H,18,22)/t11-,12+,13+,15?/m0/s1. The van der Waals surface area contributed by atoms with Crippen LogP contribution in [-0.4, -0.2) is 58.4 Å². The first kappa shape index (κ1) is 18.2. The molecule has 1 saturated heterocycles. The minimum Gasteiger partial charge on any atom is -0.394 e. The summed E-state index contributed by atoms with van der Waals surface area (Å²) in [5.74, 6) is 0. The van der Waals surface area contributed by atoms with Gasteiger partial charge in [-0.2, -0.15) is 0 Å². The van der Waals surface area contributed by atoms with Crippen molar-refractivity contribution in [3.63, 3.8) is 0 Å². The SMILES string of the molecule is NCCCCCCC1(N)C=CN([C@H]2C[C@H](O)[C@@H](CO)O2)C(=O)N1. The number of amides is 2. The molecule has 0 aromatic rings. The van der Waals surface area contributed by atoms with Crippen LogP contribution in [-0.2, 0) is 4.74 Å². The molecule has 8 heteroatoms. The molecule has 23 heavy (non-hydrogen) atoms. The van der Waals surface area contributed by atoms with Gasteiger partial charge in [-0.1, -0.05) is 12.8 Å². The molecule has 2 amide bonds. The minimum absolute atomic E-state index is 0.264. The van der Waals surface area contributed by atoms with Crippen molar-refractivity contribution in [3.05, 3.63) is 12.3 Å². The summed E-state index contributed by atoms with van der Waals surface area (Å²) in [6.07, 6.45) is 6.24. The normalized spacial score (nSPS) is 34.0. The van der Waals surface area contributed by atoms with Crippen molar-refractivity contribution in [2.75, 3.05) is 13.2 Å². The van der Waals surface area contributed by atoms with Gasteiger partial charge in [0.1, 0.15) is 18.0 Å². The van der Waals surface area contributed by atoms with Crippen LogP contribution in [0, 0.1) is 0 Å². The summed E-state index contributed by atoms with van der Waals surface area (Å²) in [6.45, 7) is 0.419. The Balaban J connectivity index is 1.87. The first-order valence-electron chi connectivity index (χ1n) is 8.22. The van der Waals surface area contributed by atoms with Crippen LogP contribution in [0.3, 0.4) is 0 Å². The van der Waals surface area contributed by atoms with E-state index in [1.54, 1.807) is 12.3 Å². The molecule has 0 aromatic carbocycles. The van der Waals surface area contributed by atoms with Crippen LogP contribution in [0.4, 0.5) is 4.79 Å². The van der Waals surface area contributed by atoms with Gasteiger partial charge in [0.2, 0.25) is 0 Å². The van der Waals surface area contributed by atoms with E-state index in [1.807, 2.05) is 0 Å². The van der Waals surface area contributed by atoms with Crippen molar-refractivity contribution in [1.29, 1.82) is 0 Å². The Labute approximate surface area is 136 Å². The van der Waals surface area contributed by atoms with Crippen LogP contribution < -0.4 is 16.8 Å². The maximum absolute atomic E-state index is 12.3. The highest BCUT2D eigenvalue weighted by Crippen LogP contribution is 2.26. The molecule has 2 heterocycles. The van der Waals surface area contributed by atoms with E-state index >= 15 is 0 Å². The molecular weight excluding hydrogens is 300 g/mol. The summed E-state index contributed by atoms with van der Waals surface area (Å²) in [5.41, 5.74) is 10.8. The average molecular weight is 328 g/mol. The van der Waals surface area contributed by atoms with Gasteiger partial charge in [0, 0.05) is 12.6 Å². The number of urea groups is 1. The largest absolute Gasteiger partial charge is 0.394 e. The number of aliphatic hydroxyl groups is 2. The predicted molar refractivity (Wildman–Crippen MR) is 84.9 cm³/mol. The summed E-state index contributed by atoms with van der Waals surface area (Å²) < 4.78 is 5.49. The lowest BCUT2D eigenvalue weighted by atomic mass is 10.0. The van der Waals surface area contributed by atoms with E-state index in [0.717, 1.165) is 25.7 Å². The van der Waals surface area contributed by atoms with Gasteiger partial charge in [0.25, 0.3) is 0 Å². The average Bonchev–Trinajstić information content (AvgIpc) is 2.87. The molecule has 0 spiro atoms. The lowest BCUT2D eigenvalue weighted by Crippen LogP contribution is -2.61. The van der Waals surface area contributed by atoms with Crippen LogP contribution in [0.2, 0.25) is 0 Å². The highest BCUT2D eigenvalue weighted by molar-refractivity contribution is 5.78. The third kappa shape index (κ3) is 4.65. The highest BCUT2D eigenvalue weighted by Gasteiger charge is 2.41. The molecule has 1 fully saturated rings. The topological polar surface area (TPSA) is 134 Å². The van der Waals surface area contributed by atoms with Crippen molar-refractivity contribution in [1.82, 2.24) is 10.2 Å².